The van der Waals surface area contributed by atoms with Gasteiger partial charge >= 0.3 is 0 Å². The van der Waals surface area contributed by atoms with Gasteiger partial charge in [0.2, 0.25) is 15.2 Å². The van der Waals surface area contributed by atoms with E-state index in [0.717, 1.165) is 23.1 Å². The third-order valence-electron chi connectivity index (χ3n) is 3.62. The van der Waals surface area contributed by atoms with E-state index in [2.05, 4.69) is 40.6 Å². The van der Waals surface area contributed by atoms with Crippen LogP contribution >= 0.6 is 11.3 Å². The zero-order valence-corrected chi connectivity index (χ0v) is 14.0. The summed E-state index contributed by atoms with van der Waals surface area (Å²) in [7, 11) is -3.19. The number of anilines is 1. The van der Waals surface area contributed by atoms with Crippen LogP contribution in [0.1, 0.15) is 25.8 Å². The van der Waals surface area contributed by atoms with Crippen molar-refractivity contribution >= 4 is 26.5 Å². The highest BCUT2D eigenvalue weighted by molar-refractivity contribution is 7.88. The van der Waals surface area contributed by atoms with Crippen molar-refractivity contribution in [1.82, 2.24) is 14.9 Å². The van der Waals surface area contributed by atoms with Gasteiger partial charge in [0.25, 0.3) is 0 Å². The Kier molecular flexibility index (Phi) is 4.66. The zero-order valence-electron chi connectivity index (χ0n) is 12.3. The lowest BCUT2D eigenvalue weighted by Crippen LogP contribution is -2.41. The number of rotatable bonds is 5. The first-order valence-corrected chi connectivity index (χ1v) is 9.55. The minimum absolute atomic E-state index is 0.0565. The molecule has 1 aliphatic heterocycles. The molecule has 1 aromatic heterocycles. The predicted molar refractivity (Wildman–Crippen MR) is 81.6 cm³/mol. The molecular weight excluding hydrogens is 296 g/mol. The van der Waals surface area contributed by atoms with Crippen molar-refractivity contribution in [1.29, 1.82) is 0 Å². The second-order valence-corrected chi connectivity index (χ2v) is 8.46. The van der Waals surface area contributed by atoms with Gasteiger partial charge in [0.1, 0.15) is 5.01 Å². The molecule has 0 amide bonds. The lowest BCUT2D eigenvalue weighted by Gasteiger charge is -2.21. The van der Waals surface area contributed by atoms with Gasteiger partial charge in [-0.25, -0.2) is 13.1 Å². The van der Waals surface area contributed by atoms with Crippen molar-refractivity contribution in [2.24, 2.45) is 11.8 Å². The summed E-state index contributed by atoms with van der Waals surface area (Å²) in [5, 5.41) is 10.3. The average Bonchev–Trinajstić information content (AvgIpc) is 2.92. The molecule has 2 atom stereocenters. The molecule has 0 bridgehead atoms. The zero-order chi connectivity index (χ0) is 14.9. The Labute approximate surface area is 124 Å². The Morgan fingerprint density at radius 1 is 1.40 bits per heavy atom. The molecule has 8 heteroatoms. The van der Waals surface area contributed by atoms with E-state index in [1.54, 1.807) is 11.3 Å². The molecule has 2 rings (SSSR count). The minimum Gasteiger partial charge on any atom is -0.345 e. The quantitative estimate of drug-likeness (QED) is 0.880. The molecule has 20 heavy (non-hydrogen) atoms. The highest BCUT2D eigenvalue weighted by Gasteiger charge is 2.37. The van der Waals surface area contributed by atoms with Crippen LogP contribution in [0, 0.1) is 11.8 Å². The van der Waals surface area contributed by atoms with Crippen molar-refractivity contribution in [2.45, 2.75) is 33.2 Å². The predicted octanol–water partition coefficient (Wildman–Crippen LogP) is 1.11. The van der Waals surface area contributed by atoms with Gasteiger partial charge in [-0.15, -0.1) is 10.2 Å². The summed E-state index contributed by atoms with van der Waals surface area (Å²) in [5.74, 6) is 0.705. The summed E-state index contributed by atoms with van der Waals surface area (Å²) in [6.07, 6.45) is 2.09. The number of sulfonamides is 1. The van der Waals surface area contributed by atoms with Crippen molar-refractivity contribution in [3.8, 4) is 0 Å². The van der Waals surface area contributed by atoms with E-state index in [9.17, 15) is 8.42 Å². The molecular formula is C12H22N4O2S2. The van der Waals surface area contributed by atoms with Gasteiger partial charge in [-0.05, 0) is 18.3 Å². The van der Waals surface area contributed by atoms with Crippen LogP contribution in [0.25, 0.3) is 0 Å². The van der Waals surface area contributed by atoms with E-state index in [1.807, 2.05) is 0 Å². The first-order chi connectivity index (χ1) is 9.30. The number of nitrogens with one attached hydrogen (secondary N) is 1. The average molecular weight is 318 g/mol. The lowest BCUT2D eigenvalue weighted by atomic mass is 9.92. The highest BCUT2D eigenvalue weighted by Crippen LogP contribution is 2.30. The number of aryl methyl sites for hydroxylation is 1. The topological polar surface area (TPSA) is 75.2 Å². The summed E-state index contributed by atoms with van der Waals surface area (Å²) < 4.78 is 25.7. The highest BCUT2D eigenvalue weighted by atomic mass is 32.2. The van der Waals surface area contributed by atoms with E-state index in [4.69, 9.17) is 0 Å². The molecule has 114 valence electrons. The van der Waals surface area contributed by atoms with Gasteiger partial charge in [-0.3, -0.25) is 0 Å². The summed E-state index contributed by atoms with van der Waals surface area (Å²) in [5.41, 5.74) is 0. The van der Waals surface area contributed by atoms with Crippen molar-refractivity contribution in [2.75, 3.05) is 24.2 Å². The van der Waals surface area contributed by atoms with Crippen LogP contribution < -0.4 is 9.62 Å². The maximum Gasteiger partial charge on any atom is 0.209 e. The Balaban J connectivity index is 2.15. The Bertz CT molecular complexity index is 556. The fraction of sp³-hybridized carbons (Fsp3) is 0.833. The van der Waals surface area contributed by atoms with Crippen molar-refractivity contribution < 1.29 is 8.42 Å². The summed E-state index contributed by atoms with van der Waals surface area (Å²) in [6.45, 7) is 7.79. The van der Waals surface area contributed by atoms with Gasteiger partial charge in [0.05, 0.1) is 6.26 Å². The molecule has 1 fully saturated rings. The molecule has 0 aromatic carbocycles. The molecule has 0 radical (unpaired) electrons. The monoisotopic (exact) mass is 318 g/mol. The van der Waals surface area contributed by atoms with Gasteiger partial charge < -0.3 is 4.90 Å². The molecule has 2 heterocycles. The molecule has 0 saturated carbocycles. The minimum atomic E-state index is -3.19. The second-order valence-electron chi connectivity index (χ2n) is 5.64. The molecule has 1 N–H and O–H groups in total. The molecule has 0 spiro atoms. The van der Waals surface area contributed by atoms with Crippen molar-refractivity contribution in [3.63, 3.8) is 0 Å². The fourth-order valence-electron chi connectivity index (χ4n) is 2.58. The summed E-state index contributed by atoms with van der Waals surface area (Å²) >= 11 is 1.59. The van der Waals surface area contributed by atoms with E-state index in [1.165, 1.54) is 6.26 Å². The molecule has 1 aliphatic rings. The van der Waals surface area contributed by atoms with Crippen LogP contribution in [0.4, 0.5) is 5.13 Å². The largest absolute Gasteiger partial charge is 0.345 e. The Morgan fingerprint density at radius 3 is 2.60 bits per heavy atom. The first-order valence-electron chi connectivity index (χ1n) is 6.84. The third kappa shape index (κ3) is 3.67. The normalized spacial score (nSPS) is 23.8. The number of hydrogen-bond acceptors (Lipinski definition) is 6. The third-order valence-corrected chi connectivity index (χ3v) is 5.48. The van der Waals surface area contributed by atoms with Crippen LogP contribution in [0.15, 0.2) is 0 Å². The van der Waals surface area contributed by atoms with Gasteiger partial charge in [0.15, 0.2) is 0 Å². The number of nitrogens with zero attached hydrogens (tertiary/aromatic N) is 3. The smallest absolute Gasteiger partial charge is 0.209 e. The van der Waals surface area contributed by atoms with Crippen LogP contribution in [0.2, 0.25) is 0 Å². The summed E-state index contributed by atoms with van der Waals surface area (Å²) in [6, 6.07) is -0.0565. The maximum atomic E-state index is 11.5. The molecule has 0 aliphatic carbocycles. The summed E-state index contributed by atoms with van der Waals surface area (Å²) in [4.78, 5) is 2.14. The Morgan fingerprint density at radius 2 is 2.10 bits per heavy atom. The van der Waals surface area contributed by atoms with E-state index in [0.29, 0.717) is 18.4 Å². The number of hydrogen-bond donors (Lipinski definition) is 1. The Hall–Kier alpha value is -0.730. The van der Waals surface area contributed by atoms with E-state index >= 15 is 0 Å². The van der Waals surface area contributed by atoms with Gasteiger partial charge in [0, 0.05) is 19.1 Å². The number of aromatic nitrogens is 2. The molecule has 0 unspecified atom stereocenters. The van der Waals surface area contributed by atoms with E-state index < -0.39 is 10.0 Å². The standard InChI is InChI=1S/C12H22N4O2S2/c1-5-11-13-14-12(19-11)16-6-9(8(2)3)10(7-16)15-20(4,17)18/h8-10,15H,5-7H2,1-4H3/t9-,10+/m0/s1. The van der Waals surface area contributed by atoms with Crippen LogP contribution in [0.3, 0.4) is 0 Å². The molecule has 1 saturated heterocycles. The van der Waals surface area contributed by atoms with Crippen molar-refractivity contribution in [3.05, 3.63) is 5.01 Å². The van der Waals surface area contributed by atoms with Crippen LogP contribution in [0.5, 0.6) is 0 Å². The van der Waals surface area contributed by atoms with Crippen LogP contribution in [-0.4, -0.2) is 44.0 Å². The lowest BCUT2D eigenvalue weighted by molar-refractivity contribution is 0.365. The van der Waals surface area contributed by atoms with E-state index in [-0.39, 0.29) is 6.04 Å². The maximum absolute atomic E-state index is 11.5. The molecule has 6 nitrogen and oxygen atoms in total. The van der Waals surface area contributed by atoms with Gasteiger partial charge in [-0.1, -0.05) is 32.1 Å². The van der Waals surface area contributed by atoms with Gasteiger partial charge in [-0.2, -0.15) is 0 Å². The SMILES string of the molecule is CCc1nnc(N2C[C@@H](NS(C)(=O)=O)[C@H](C(C)C)C2)s1. The second kappa shape index (κ2) is 5.95. The first kappa shape index (κ1) is 15.7. The molecule has 1 aromatic rings. The fourth-order valence-corrected chi connectivity index (χ4v) is 4.17. The van der Waals surface area contributed by atoms with Crippen LogP contribution in [-0.2, 0) is 16.4 Å².